The monoisotopic (exact) mass is 308 g/mol. The number of carbonyl (C=O) groups excluding carboxylic acids is 1. The lowest BCUT2D eigenvalue weighted by atomic mass is 10.1. The van der Waals surface area contributed by atoms with Crippen LogP contribution in [0.5, 0.6) is 0 Å². The summed E-state index contributed by atoms with van der Waals surface area (Å²) in [5.41, 5.74) is 4.88. The Labute approximate surface area is 135 Å². The van der Waals surface area contributed by atoms with E-state index in [-0.39, 0.29) is 6.03 Å². The van der Waals surface area contributed by atoms with Crippen molar-refractivity contribution < 1.29 is 4.79 Å². The van der Waals surface area contributed by atoms with E-state index in [0.717, 1.165) is 28.8 Å². The van der Waals surface area contributed by atoms with Crippen LogP contribution in [0.1, 0.15) is 18.1 Å². The molecule has 23 heavy (non-hydrogen) atoms. The first kappa shape index (κ1) is 15.1. The molecule has 0 aliphatic carbocycles. The second kappa shape index (κ2) is 6.12. The molecule has 2 aromatic carbocycles. The molecule has 0 aliphatic heterocycles. The topological polar surface area (TPSA) is 59.0 Å². The average molecular weight is 308 g/mol. The predicted octanol–water partition coefficient (Wildman–Crippen LogP) is 4.32. The van der Waals surface area contributed by atoms with E-state index < -0.39 is 0 Å². The van der Waals surface area contributed by atoms with Gasteiger partial charge in [0.05, 0.1) is 11.0 Å². The van der Waals surface area contributed by atoms with Gasteiger partial charge in [-0.2, -0.15) is 0 Å². The lowest BCUT2D eigenvalue weighted by Crippen LogP contribution is -2.22. The van der Waals surface area contributed by atoms with Crippen molar-refractivity contribution in [3.8, 4) is 0 Å². The smallest absolute Gasteiger partial charge is 0.310 e. The summed E-state index contributed by atoms with van der Waals surface area (Å²) in [5.74, 6) is 0.552. The van der Waals surface area contributed by atoms with Gasteiger partial charge >= 0.3 is 6.03 Å². The van der Waals surface area contributed by atoms with Crippen molar-refractivity contribution in [2.75, 3.05) is 10.6 Å². The van der Waals surface area contributed by atoms with E-state index in [1.54, 1.807) is 0 Å². The van der Waals surface area contributed by atoms with Gasteiger partial charge in [-0.15, -0.1) is 0 Å². The van der Waals surface area contributed by atoms with Gasteiger partial charge in [-0.1, -0.05) is 29.8 Å². The van der Waals surface area contributed by atoms with Gasteiger partial charge in [0.15, 0.2) is 0 Å². The second-order valence-corrected chi connectivity index (χ2v) is 5.57. The van der Waals surface area contributed by atoms with Crippen molar-refractivity contribution in [1.29, 1.82) is 0 Å². The molecular weight excluding hydrogens is 288 g/mol. The summed E-state index contributed by atoms with van der Waals surface area (Å²) in [4.78, 5) is 16.8. The van der Waals surface area contributed by atoms with Crippen molar-refractivity contribution in [3.05, 3.63) is 53.6 Å². The highest BCUT2D eigenvalue weighted by atomic mass is 16.2. The summed E-state index contributed by atoms with van der Waals surface area (Å²) in [6.07, 6.45) is 0. The minimum Gasteiger partial charge on any atom is -0.310 e. The van der Waals surface area contributed by atoms with Gasteiger partial charge in [0.25, 0.3) is 0 Å². The van der Waals surface area contributed by atoms with Crippen LogP contribution in [0.15, 0.2) is 42.5 Å². The van der Waals surface area contributed by atoms with Crippen LogP contribution in [0.25, 0.3) is 11.0 Å². The summed E-state index contributed by atoms with van der Waals surface area (Å²) in [6, 6.07) is 13.5. The van der Waals surface area contributed by atoms with Crippen LogP contribution in [-0.4, -0.2) is 15.6 Å². The molecule has 0 saturated heterocycles. The molecule has 0 spiro atoms. The predicted molar refractivity (Wildman–Crippen MR) is 94.0 cm³/mol. The third-order valence-electron chi connectivity index (χ3n) is 3.83. The number of imidazole rings is 1. The molecule has 2 N–H and O–H groups in total. The number of anilines is 2. The Morgan fingerprint density at radius 1 is 1.13 bits per heavy atom. The van der Waals surface area contributed by atoms with E-state index in [0.29, 0.717) is 5.95 Å². The zero-order valence-corrected chi connectivity index (χ0v) is 13.6. The van der Waals surface area contributed by atoms with Gasteiger partial charge in [0, 0.05) is 12.2 Å². The number of aryl methyl sites for hydroxylation is 3. The van der Waals surface area contributed by atoms with E-state index in [1.165, 1.54) is 5.56 Å². The molecule has 1 heterocycles. The molecule has 0 aliphatic rings. The lowest BCUT2D eigenvalue weighted by molar-refractivity contribution is 0.262. The minimum absolute atomic E-state index is 0.290. The largest absolute Gasteiger partial charge is 0.326 e. The summed E-state index contributed by atoms with van der Waals surface area (Å²) in [5, 5.41) is 5.72. The third kappa shape index (κ3) is 3.04. The minimum atomic E-state index is -0.290. The summed E-state index contributed by atoms with van der Waals surface area (Å²) in [6.45, 7) is 6.77. The number of carbonyl (C=O) groups is 1. The number of fused-ring (bicyclic) bond motifs is 1. The number of nitrogens with zero attached hydrogens (tertiary/aromatic N) is 2. The quantitative estimate of drug-likeness (QED) is 0.757. The molecule has 0 saturated carbocycles. The number of benzene rings is 2. The maximum absolute atomic E-state index is 12.3. The van der Waals surface area contributed by atoms with Crippen LogP contribution < -0.4 is 10.6 Å². The SMILES string of the molecule is CCn1c(NC(=O)Nc2ccc(C)cc2C)nc2ccccc21. The molecule has 3 rings (SSSR count). The maximum atomic E-state index is 12.3. The van der Waals surface area contributed by atoms with Gasteiger partial charge in [-0.05, 0) is 44.5 Å². The van der Waals surface area contributed by atoms with E-state index >= 15 is 0 Å². The number of aromatic nitrogens is 2. The lowest BCUT2D eigenvalue weighted by Gasteiger charge is -2.11. The van der Waals surface area contributed by atoms with Crippen LogP contribution in [-0.2, 0) is 6.54 Å². The zero-order chi connectivity index (χ0) is 16.4. The molecular formula is C18H20N4O. The number of hydrogen-bond donors (Lipinski definition) is 2. The molecule has 0 fully saturated rings. The van der Waals surface area contributed by atoms with Crippen molar-refractivity contribution in [1.82, 2.24) is 9.55 Å². The van der Waals surface area contributed by atoms with Crippen molar-refractivity contribution in [2.45, 2.75) is 27.3 Å². The Morgan fingerprint density at radius 2 is 1.91 bits per heavy atom. The maximum Gasteiger partial charge on any atom is 0.326 e. The van der Waals surface area contributed by atoms with Crippen molar-refractivity contribution in [3.63, 3.8) is 0 Å². The molecule has 0 unspecified atom stereocenters. The normalized spacial score (nSPS) is 10.7. The van der Waals surface area contributed by atoms with E-state index in [1.807, 2.05) is 67.8 Å². The number of nitrogens with one attached hydrogen (secondary N) is 2. The molecule has 118 valence electrons. The Kier molecular flexibility index (Phi) is 4.02. The Morgan fingerprint density at radius 3 is 2.65 bits per heavy atom. The van der Waals surface area contributed by atoms with E-state index in [4.69, 9.17) is 0 Å². The molecule has 5 nitrogen and oxygen atoms in total. The van der Waals surface area contributed by atoms with Gasteiger partial charge in [-0.3, -0.25) is 5.32 Å². The number of urea groups is 1. The molecule has 2 amide bonds. The highest BCUT2D eigenvalue weighted by Crippen LogP contribution is 2.20. The first-order chi connectivity index (χ1) is 11.1. The highest BCUT2D eigenvalue weighted by Gasteiger charge is 2.12. The standard InChI is InChI=1S/C18H20N4O/c1-4-22-16-8-6-5-7-15(16)19-17(22)21-18(23)20-14-10-9-12(2)11-13(14)3/h5-11H,4H2,1-3H3,(H2,19,20,21,23). The average Bonchev–Trinajstić information content (AvgIpc) is 2.87. The fourth-order valence-electron chi connectivity index (χ4n) is 2.70. The van der Waals surface area contributed by atoms with Crippen molar-refractivity contribution >= 4 is 28.7 Å². The zero-order valence-electron chi connectivity index (χ0n) is 13.6. The van der Waals surface area contributed by atoms with Crippen LogP contribution in [0.4, 0.5) is 16.4 Å². The molecule has 0 radical (unpaired) electrons. The van der Waals surface area contributed by atoms with E-state index in [2.05, 4.69) is 15.6 Å². The van der Waals surface area contributed by atoms with Gasteiger partial charge in [0.2, 0.25) is 5.95 Å². The summed E-state index contributed by atoms with van der Waals surface area (Å²) >= 11 is 0. The van der Waals surface area contributed by atoms with Gasteiger partial charge in [0.1, 0.15) is 0 Å². The second-order valence-electron chi connectivity index (χ2n) is 5.57. The number of hydrogen-bond acceptors (Lipinski definition) is 2. The van der Waals surface area contributed by atoms with Crippen molar-refractivity contribution in [2.24, 2.45) is 0 Å². The first-order valence-corrected chi connectivity index (χ1v) is 7.69. The first-order valence-electron chi connectivity index (χ1n) is 7.69. The molecule has 5 heteroatoms. The van der Waals surface area contributed by atoms with Crippen LogP contribution in [0.3, 0.4) is 0 Å². The Bertz CT molecular complexity index is 867. The fourth-order valence-corrected chi connectivity index (χ4v) is 2.70. The van der Waals surface area contributed by atoms with Gasteiger partial charge in [-0.25, -0.2) is 9.78 Å². The molecule has 3 aromatic rings. The Hall–Kier alpha value is -2.82. The Balaban J connectivity index is 1.82. The summed E-state index contributed by atoms with van der Waals surface area (Å²) in [7, 11) is 0. The van der Waals surface area contributed by atoms with Gasteiger partial charge < -0.3 is 9.88 Å². The molecule has 0 atom stereocenters. The van der Waals surface area contributed by atoms with E-state index in [9.17, 15) is 4.79 Å². The number of rotatable bonds is 3. The highest BCUT2D eigenvalue weighted by molar-refractivity contribution is 6.00. The molecule has 1 aromatic heterocycles. The summed E-state index contributed by atoms with van der Waals surface area (Å²) < 4.78 is 1.98. The third-order valence-corrected chi connectivity index (χ3v) is 3.83. The number of amides is 2. The van der Waals surface area contributed by atoms with Crippen LogP contribution >= 0.6 is 0 Å². The van der Waals surface area contributed by atoms with Crippen LogP contribution in [0, 0.1) is 13.8 Å². The molecule has 0 bridgehead atoms. The fraction of sp³-hybridized carbons (Fsp3) is 0.222. The van der Waals surface area contributed by atoms with Crippen LogP contribution in [0.2, 0.25) is 0 Å². The number of para-hydroxylation sites is 2.